The maximum Gasteiger partial charge on any atom is 0.137 e. The number of nitriles is 2. The molecule has 0 N–H and O–H groups in total. The number of anilines is 5. The Hall–Kier alpha value is -8.06. The summed E-state index contributed by atoms with van der Waals surface area (Å²) in [5, 5.41) is 27.8. The summed E-state index contributed by atoms with van der Waals surface area (Å²) in [6, 6.07) is 60.7. The molecule has 10 rings (SSSR count). The molecular weight excluding hydrogens is 721 g/mol. The Morgan fingerprint density at radius 2 is 1.03 bits per heavy atom. The van der Waals surface area contributed by atoms with E-state index >= 15 is 0 Å². The van der Waals surface area contributed by atoms with Crippen LogP contribution in [0.2, 0.25) is 0 Å². The van der Waals surface area contributed by atoms with Gasteiger partial charge in [0.05, 0.1) is 33.9 Å². The molecule has 0 fully saturated rings. The van der Waals surface area contributed by atoms with Crippen molar-refractivity contribution in [2.24, 2.45) is 10.9 Å². The van der Waals surface area contributed by atoms with Gasteiger partial charge >= 0.3 is 0 Å². The van der Waals surface area contributed by atoms with Crippen LogP contribution in [-0.2, 0) is 0 Å². The molecule has 9 aromatic rings. The number of aliphatic imine (C=N–C) groups is 1. The Kier molecular flexibility index (Phi) is 8.86. The van der Waals surface area contributed by atoms with Crippen LogP contribution >= 0.6 is 0 Å². The van der Waals surface area contributed by atoms with Gasteiger partial charge in [0.15, 0.2) is 0 Å². The molecule has 1 atom stereocenters. The molecule has 0 amide bonds. The first-order valence-corrected chi connectivity index (χ1v) is 19.7. The Bertz CT molecular complexity index is 3180. The van der Waals surface area contributed by atoms with Gasteiger partial charge in [-0.25, -0.2) is 9.98 Å². The first-order chi connectivity index (χ1) is 29.1. The third kappa shape index (κ3) is 6.21. The lowest BCUT2D eigenvalue weighted by molar-refractivity contribution is 0.780. The number of allylic oxidation sites excluding steroid dienone is 1. The third-order valence-corrected chi connectivity index (χ3v) is 11.3. The summed E-state index contributed by atoms with van der Waals surface area (Å²) in [4.78, 5) is 14.1. The number of hydrogen-bond donors (Lipinski definition) is 0. The highest BCUT2D eigenvalue weighted by Gasteiger charge is 2.26. The van der Waals surface area contributed by atoms with Crippen LogP contribution in [0, 0.1) is 28.6 Å². The SMILES string of the molecule is CC1C=NC(N(c2ccc(-c3ccccc3)cc2C#N)c2ccc3ccc4c(N(c5ccccn5)c5ccc(-c6ccccc6)cc5C#N)ccc5ccc2c3c54)=CC1. The fourth-order valence-electron chi connectivity index (χ4n) is 8.42. The zero-order valence-electron chi connectivity index (χ0n) is 32.3. The van der Waals surface area contributed by atoms with Crippen molar-refractivity contribution in [1.29, 1.82) is 10.5 Å². The van der Waals surface area contributed by atoms with Crippen LogP contribution in [0.5, 0.6) is 0 Å². The lowest BCUT2D eigenvalue weighted by atomic mass is 9.91. The van der Waals surface area contributed by atoms with E-state index < -0.39 is 0 Å². The van der Waals surface area contributed by atoms with E-state index in [1.165, 1.54) is 0 Å². The number of aromatic nitrogens is 1. The first-order valence-electron chi connectivity index (χ1n) is 19.7. The van der Waals surface area contributed by atoms with Gasteiger partial charge in [0.1, 0.15) is 23.8 Å². The highest BCUT2D eigenvalue weighted by atomic mass is 15.2. The van der Waals surface area contributed by atoms with E-state index in [4.69, 9.17) is 9.98 Å². The number of hydrogen-bond acceptors (Lipinski definition) is 6. The van der Waals surface area contributed by atoms with Gasteiger partial charge in [-0.1, -0.05) is 122 Å². The Labute approximate surface area is 342 Å². The van der Waals surface area contributed by atoms with Crippen molar-refractivity contribution in [3.63, 3.8) is 0 Å². The summed E-state index contributed by atoms with van der Waals surface area (Å²) in [6.07, 6.45) is 6.81. The van der Waals surface area contributed by atoms with Crippen molar-refractivity contribution in [3.05, 3.63) is 193 Å². The van der Waals surface area contributed by atoms with Gasteiger partial charge in [-0.05, 0) is 111 Å². The van der Waals surface area contributed by atoms with E-state index in [1.54, 1.807) is 6.20 Å². The number of benzene rings is 8. The highest BCUT2D eigenvalue weighted by molar-refractivity contribution is 6.28. The van der Waals surface area contributed by atoms with Crippen LogP contribution in [0.3, 0.4) is 0 Å². The molecule has 278 valence electrons. The van der Waals surface area contributed by atoms with E-state index in [1.807, 2.05) is 85.1 Å². The quantitative estimate of drug-likeness (QED) is 0.144. The van der Waals surface area contributed by atoms with Gasteiger partial charge in [-0.3, -0.25) is 9.80 Å². The minimum Gasteiger partial charge on any atom is -0.293 e. The lowest BCUT2D eigenvalue weighted by Gasteiger charge is -2.30. The smallest absolute Gasteiger partial charge is 0.137 e. The molecular formula is C53H36N6. The van der Waals surface area contributed by atoms with E-state index in [0.717, 1.165) is 89.6 Å². The summed E-state index contributed by atoms with van der Waals surface area (Å²) in [5.41, 5.74) is 8.52. The molecule has 0 saturated carbocycles. The molecule has 1 aromatic heterocycles. The molecule has 2 heterocycles. The molecule has 6 heteroatoms. The molecule has 1 aliphatic rings. The third-order valence-electron chi connectivity index (χ3n) is 11.3. The molecule has 0 aliphatic carbocycles. The van der Waals surface area contributed by atoms with Gasteiger partial charge in [-0.15, -0.1) is 0 Å². The Morgan fingerprint density at radius 1 is 0.525 bits per heavy atom. The summed E-state index contributed by atoms with van der Waals surface area (Å²) >= 11 is 0. The Balaban J connectivity index is 1.19. The molecule has 0 spiro atoms. The van der Waals surface area contributed by atoms with Crippen molar-refractivity contribution in [3.8, 4) is 34.4 Å². The zero-order valence-corrected chi connectivity index (χ0v) is 32.3. The van der Waals surface area contributed by atoms with E-state index in [9.17, 15) is 10.5 Å². The average molecular weight is 757 g/mol. The molecule has 0 saturated heterocycles. The number of rotatable bonds is 8. The average Bonchev–Trinajstić information content (AvgIpc) is 3.30. The highest BCUT2D eigenvalue weighted by Crippen LogP contribution is 2.48. The summed E-state index contributed by atoms with van der Waals surface area (Å²) in [7, 11) is 0. The minimum atomic E-state index is 0.314. The lowest BCUT2D eigenvalue weighted by Crippen LogP contribution is -2.19. The van der Waals surface area contributed by atoms with Gasteiger partial charge in [-0.2, -0.15) is 10.5 Å². The van der Waals surface area contributed by atoms with Crippen LogP contribution in [0.15, 0.2) is 187 Å². The van der Waals surface area contributed by atoms with E-state index in [0.29, 0.717) is 22.9 Å². The fourth-order valence-corrected chi connectivity index (χ4v) is 8.42. The van der Waals surface area contributed by atoms with Gasteiger partial charge in [0.25, 0.3) is 0 Å². The van der Waals surface area contributed by atoms with Crippen LogP contribution in [-0.4, -0.2) is 11.2 Å². The van der Waals surface area contributed by atoms with Gasteiger partial charge < -0.3 is 0 Å². The predicted octanol–water partition coefficient (Wildman–Crippen LogP) is 13.6. The first kappa shape index (κ1) is 35.4. The molecule has 6 nitrogen and oxygen atoms in total. The monoisotopic (exact) mass is 756 g/mol. The summed E-state index contributed by atoms with van der Waals surface area (Å²) in [5.74, 6) is 1.80. The molecule has 59 heavy (non-hydrogen) atoms. The normalized spacial score (nSPS) is 13.6. The maximum absolute atomic E-state index is 10.7. The van der Waals surface area contributed by atoms with E-state index in [2.05, 4.69) is 120 Å². The second-order valence-corrected chi connectivity index (χ2v) is 14.9. The number of nitrogens with zero attached hydrogens (tertiary/aromatic N) is 6. The standard InChI is InChI=1S/C53H36N6/c1-35-15-28-51(57-34-35)59(47-25-21-41(31-43(47)33-55)37-12-6-3-7-13-37)49-27-19-39-16-22-44-48(26-18-38-17-23-45(49)53(39)52(38)44)58(50-14-8-9-29-56-50)46-24-20-40(30-42(46)32-54)36-10-4-2-5-11-36/h2-14,16-31,34-35H,15H2,1H3. The van der Waals surface area contributed by atoms with Crippen molar-refractivity contribution < 1.29 is 0 Å². The molecule has 1 unspecified atom stereocenters. The van der Waals surface area contributed by atoms with Crippen LogP contribution in [0.4, 0.5) is 28.6 Å². The maximum atomic E-state index is 10.7. The zero-order chi connectivity index (χ0) is 39.9. The Morgan fingerprint density at radius 3 is 1.54 bits per heavy atom. The summed E-state index contributed by atoms with van der Waals surface area (Å²) in [6.45, 7) is 2.16. The van der Waals surface area contributed by atoms with Gasteiger partial charge in [0.2, 0.25) is 0 Å². The molecule has 0 radical (unpaired) electrons. The molecule has 0 bridgehead atoms. The fraction of sp³-hybridized carbons (Fsp3) is 0.0566. The van der Waals surface area contributed by atoms with Gasteiger partial charge in [0, 0.05) is 23.2 Å². The van der Waals surface area contributed by atoms with Crippen molar-refractivity contribution in [2.75, 3.05) is 9.80 Å². The van der Waals surface area contributed by atoms with Crippen molar-refractivity contribution in [1.82, 2.24) is 4.98 Å². The topological polar surface area (TPSA) is 79.3 Å². The van der Waals surface area contributed by atoms with Crippen molar-refractivity contribution >= 4 is 67.1 Å². The minimum absolute atomic E-state index is 0.314. The van der Waals surface area contributed by atoms with E-state index in [-0.39, 0.29) is 0 Å². The van der Waals surface area contributed by atoms with Crippen molar-refractivity contribution in [2.45, 2.75) is 13.3 Å². The second kappa shape index (κ2) is 14.8. The summed E-state index contributed by atoms with van der Waals surface area (Å²) < 4.78 is 0. The van der Waals surface area contributed by atoms with Crippen LogP contribution in [0.25, 0.3) is 54.6 Å². The predicted molar refractivity (Wildman–Crippen MR) is 242 cm³/mol. The molecule has 1 aliphatic heterocycles. The van der Waals surface area contributed by atoms with Crippen LogP contribution in [0.1, 0.15) is 24.5 Å². The van der Waals surface area contributed by atoms with Crippen LogP contribution < -0.4 is 9.80 Å². The number of pyridine rings is 1. The second-order valence-electron chi connectivity index (χ2n) is 14.9. The molecule has 8 aromatic carbocycles. The largest absolute Gasteiger partial charge is 0.293 e.